The van der Waals surface area contributed by atoms with Crippen molar-refractivity contribution in [3.8, 4) is 11.1 Å². The fraction of sp³-hybridized carbons (Fsp3) is 0.250. The van der Waals surface area contributed by atoms with Gasteiger partial charge in [0, 0.05) is 38.0 Å². The van der Waals surface area contributed by atoms with E-state index in [2.05, 4.69) is 15.6 Å². The summed E-state index contributed by atoms with van der Waals surface area (Å²) in [6.45, 7) is 0. The zero-order valence-corrected chi connectivity index (χ0v) is 10.2. The number of hydrogen-bond donors (Lipinski definition) is 3. The van der Waals surface area contributed by atoms with Crippen molar-refractivity contribution in [3.63, 3.8) is 0 Å². The molecule has 0 unspecified atom stereocenters. The van der Waals surface area contributed by atoms with Gasteiger partial charge in [0.15, 0.2) is 0 Å². The van der Waals surface area contributed by atoms with Gasteiger partial charge >= 0.3 is 0 Å². The van der Waals surface area contributed by atoms with Crippen molar-refractivity contribution in [3.05, 3.63) is 29.9 Å². The molecule has 0 bridgehead atoms. The lowest BCUT2D eigenvalue weighted by Crippen LogP contribution is -2.12. The highest BCUT2D eigenvalue weighted by Crippen LogP contribution is 2.28. The summed E-state index contributed by atoms with van der Waals surface area (Å²) in [7, 11) is 5.43. The van der Waals surface area contributed by atoms with E-state index in [-0.39, 0.29) is 0 Å². The molecule has 0 atom stereocenters. The summed E-state index contributed by atoms with van der Waals surface area (Å²) in [5.74, 6) is 0. The fourth-order valence-electron chi connectivity index (χ4n) is 1.90. The Balaban J connectivity index is 2.86. The number of hydrogen-bond acceptors (Lipinski definition) is 4. The zero-order chi connectivity index (χ0) is 12.4. The van der Waals surface area contributed by atoms with Crippen molar-refractivity contribution in [1.29, 1.82) is 0 Å². The van der Waals surface area contributed by atoms with Crippen LogP contribution in [0, 0.1) is 0 Å². The molecule has 0 saturated carbocycles. The van der Waals surface area contributed by atoms with Crippen LogP contribution in [0.4, 0.5) is 11.4 Å². The summed E-state index contributed by atoms with van der Waals surface area (Å²) in [4.78, 5) is 4.23. The van der Waals surface area contributed by atoms with Gasteiger partial charge < -0.3 is 15.8 Å². The van der Waals surface area contributed by atoms with Gasteiger partial charge in [0.2, 0.25) is 0 Å². The number of pyridine rings is 1. The third kappa shape index (κ3) is 1.91. The van der Waals surface area contributed by atoms with Gasteiger partial charge in [-0.05, 0) is 12.1 Å². The molecule has 1 aliphatic carbocycles. The number of nitrogens with zero attached hydrogens (tertiary/aromatic N) is 2. The number of fused-ring (bicyclic) bond motifs is 1. The monoisotopic (exact) mass is 232 g/mol. The van der Waals surface area contributed by atoms with E-state index in [0.29, 0.717) is 0 Å². The highest BCUT2D eigenvalue weighted by molar-refractivity contribution is 5.80. The molecule has 0 amide bonds. The van der Waals surface area contributed by atoms with Gasteiger partial charge in [-0.1, -0.05) is 0 Å². The van der Waals surface area contributed by atoms with Crippen molar-refractivity contribution < 1.29 is 5.21 Å². The largest absolute Gasteiger partial charge is 0.429 e. The van der Waals surface area contributed by atoms with Crippen molar-refractivity contribution in [2.75, 3.05) is 31.8 Å². The van der Waals surface area contributed by atoms with Crippen molar-refractivity contribution >= 4 is 11.4 Å². The third-order valence-corrected chi connectivity index (χ3v) is 2.77. The van der Waals surface area contributed by atoms with Gasteiger partial charge in [0.1, 0.15) is 0 Å². The first-order valence-electron chi connectivity index (χ1n) is 5.37. The second-order valence-electron chi connectivity index (χ2n) is 3.73. The van der Waals surface area contributed by atoms with Crippen LogP contribution in [0.25, 0.3) is 11.1 Å². The minimum Gasteiger partial charge on any atom is -0.429 e. The molecule has 0 radical (unpaired) electrons. The lowest BCUT2D eigenvalue weighted by atomic mass is 10.0. The van der Waals surface area contributed by atoms with Crippen molar-refractivity contribution in [2.24, 2.45) is 4.99 Å². The molecule has 2 aliphatic rings. The minimum absolute atomic E-state index is 0.840. The maximum absolute atomic E-state index is 9.61. The predicted octanol–water partition coefficient (Wildman–Crippen LogP) is 1.44. The van der Waals surface area contributed by atoms with Crippen LogP contribution in [0.1, 0.15) is 0 Å². The van der Waals surface area contributed by atoms with Gasteiger partial charge in [0.05, 0.1) is 23.4 Å². The van der Waals surface area contributed by atoms with Gasteiger partial charge in [-0.25, -0.2) is 0 Å². The van der Waals surface area contributed by atoms with E-state index in [9.17, 15) is 5.21 Å². The van der Waals surface area contributed by atoms with E-state index in [0.717, 1.165) is 32.6 Å². The molecule has 3 N–H and O–H groups in total. The van der Waals surface area contributed by atoms with E-state index in [1.807, 2.05) is 26.2 Å². The summed E-state index contributed by atoms with van der Waals surface area (Å²) in [5, 5.41) is 16.6. The van der Waals surface area contributed by atoms with E-state index in [1.165, 1.54) is 0 Å². The number of rotatable bonds is 2. The van der Waals surface area contributed by atoms with Crippen LogP contribution >= 0.6 is 0 Å². The maximum atomic E-state index is 9.61. The first-order valence-corrected chi connectivity index (χ1v) is 5.37. The van der Waals surface area contributed by atoms with Crippen LogP contribution in [-0.2, 0) is 0 Å². The Bertz CT molecular complexity index is 574. The Labute approximate surface area is 99.7 Å². The maximum Gasteiger partial charge on any atom is 0.0686 e. The Hall–Kier alpha value is -2.17. The summed E-state index contributed by atoms with van der Waals surface area (Å²) in [6, 6.07) is 3.97. The predicted molar refractivity (Wildman–Crippen MR) is 68.8 cm³/mol. The molecule has 17 heavy (non-hydrogen) atoms. The third-order valence-electron chi connectivity index (χ3n) is 2.77. The molecule has 5 heteroatoms. The van der Waals surface area contributed by atoms with Crippen LogP contribution in [0.3, 0.4) is 0 Å². The molecular weight excluding hydrogens is 216 g/mol. The molecule has 0 spiro atoms. The zero-order valence-electron chi connectivity index (χ0n) is 10.2. The van der Waals surface area contributed by atoms with Crippen molar-refractivity contribution in [1.82, 2.24) is 4.73 Å². The van der Waals surface area contributed by atoms with Gasteiger partial charge in [-0.15, -0.1) is 0 Å². The Morgan fingerprint density at radius 1 is 1.12 bits per heavy atom. The molecular formula is C12H16N4O. The summed E-state index contributed by atoms with van der Waals surface area (Å²) in [6.07, 6.45) is 3.28. The van der Waals surface area contributed by atoms with Crippen LogP contribution in [0.15, 0.2) is 29.5 Å². The highest BCUT2D eigenvalue weighted by atomic mass is 16.5. The van der Waals surface area contributed by atoms with Gasteiger partial charge in [0.25, 0.3) is 0 Å². The SMILES string of the molecule is CN=c1cc(NC)cc2c(NC)cn(O)cc1-2. The van der Waals surface area contributed by atoms with Crippen LogP contribution in [0.5, 0.6) is 0 Å². The topological polar surface area (TPSA) is 61.6 Å². The lowest BCUT2D eigenvalue weighted by Gasteiger charge is -2.15. The summed E-state index contributed by atoms with van der Waals surface area (Å²) in [5.41, 5.74) is 3.77. The Kier molecular flexibility index (Phi) is 2.91. The van der Waals surface area contributed by atoms with Gasteiger partial charge in [-0.3, -0.25) is 4.99 Å². The van der Waals surface area contributed by atoms with Crippen LogP contribution in [0.2, 0.25) is 0 Å². The van der Waals surface area contributed by atoms with E-state index in [4.69, 9.17) is 0 Å². The average Bonchev–Trinajstić information content (AvgIpc) is 2.36. The lowest BCUT2D eigenvalue weighted by molar-refractivity contribution is 0.185. The molecule has 0 aromatic rings. The second kappa shape index (κ2) is 4.37. The number of anilines is 2. The summed E-state index contributed by atoms with van der Waals surface area (Å²) >= 11 is 0. The number of benzene rings is 1. The quantitative estimate of drug-likeness (QED) is 0.687. The van der Waals surface area contributed by atoms with Gasteiger partial charge in [-0.2, -0.15) is 4.73 Å². The Morgan fingerprint density at radius 3 is 2.47 bits per heavy atom. The van der Waals surface area contributed by atoms with Crippen molar-refractivity contribution in [2.45, 2.75) is 0 Å². The molecule has 0 fully saturated rings. The second-order valence-corrected chi connectivity index (χ2v) is 3.73. The van der Waals surface area contributed by atoms with Crippen LogP contribution in [-0.4, -0.2) is 31.1 Å². The van der Waals surface area contributed by atoms with E-state index in [1.54, 1.807) is 19.4 Å². The Morgan fingerprint density at radius 2 is 1.88 bits per heavy atom. The normalized spacial score (nSPS) is 11.8. The molecule has 0 aromatic carbocycles. The first-order chi connectivity index (χ1) is 8.19. The smallest absolute Gasteiger partial charge is 0.0686 e. The molecule has 90 valence electrons. The van der Waals surface area contributed by atoms with Crippen LogP contribution < -0.4 is 16.0 Å². The molecule has 0 saturated heterocycles. The molecule has 5 nitrogen and oxygen atoms in total. The summed E-state index contributed by atoms with van der Waals surface area (Å²) < 4.78 is 1.04. The first kappa shape index (κ1) is 11.3. The molecule has 1 aliphatic heterocycles. The molecule has 0 aromatic heterocycles. The standard InChI is InChI=1S/C12H16N4O/c1-13-8-4-9-10(11(5-8)14-2)6-16(17)7-12(9)15-3/h4-7,13,15,17H,1-3H3. The molecule has 1 heterocycles. The molecule has 2 rings (SSSR count). The number of aromatic nitrogens is 1. The number of nitrogens with one attached hydrogen (secondary N) is 2. The van der Waals surface area contributed by atoms with E-state index < -0.39 is 0 Å². The fourth-order valence-corrected chi connectivity index (χ4v) is 1.90. The highest BCUT2D eigenvalue weighted by Gasteiger charge is 2.11. The minimum atomic E-state index is 0.840. The average molecular weight is 232 g/mol. The van der Waals surface area contributed by atoms with E-state index >= 15 is 0 Å².